The summed E-state index contributed by atoms with van der Waals surface area (Å²) in [6.07, 6.45) is -6.02. The van der Waals surface area contributed by atoms with E-state index >= 15 is 0 Å². The van der Waals surface area contributed by atoms with Crippen molar-refractivity contribution in [2.45, 2.75) is 87.9 Å². The molecule has 2 aliphatic heterocycles. The van der Waals surface area contributed by atoms with Gasteiger partial charge in [0.2, 0.25) is 5.91 Å². The number of ether oxygens (including phenoxy) is 2. The monoisotopic (exact) mass is 884 g/mol. The van der Waals surface area contributed by atoms with E-state index in [4.69, 9.17) is 32.7 Å². The minimum atomic E-state index is -5.11. The van der Waals surface area contributed by atoms with E-state index in [-0.39, 0.29) is 59.8 Å². The Morgan fingerprint density at radius 3 is 2.27 bits per heavy atom. The highest BCUT2D eigenvalue weighted by molar-refractivity contribution is 6.42. The molecule has 2 heterocycles. The molecular formula is C44H52Cl2F6N4O4. The third kappa shape index (κ3) is 10.6. The number of nitrogens with zero attached hydrogens (tertiary/aromatic N) is 3. The molecule has 0 aromatic heterocycles. The SMILES string of the molecule is CC(C)NCCCCN(C)C(=O)CO[C@H]1Cc2ccccc2C12CCN(CC[C@@]1(c3ccc(Cl)c(Cl)c3)CN(C(=O)c3cc(C(F)(F)F)cc(C(F)(F)F)c3)CCO1)CC2. The molecule has 3 aromatic rings. The fourth-order valence-electron chi connectivity index (χ4n) is 8.82. The summed E-state index contributed by atoms with van der Waals surface area (Å²) in [5, 5.41) is 3.90. The second-order valence-electron chi connectivity index (χ2n) is 16.5. The molecule has 2 amide bonds. The Kier molecular flexibility index (Phi) is 14.5. The molecule has 3 aliphatic rings. The normalized spacial score (nSPS) is 20.8. The number of unbranched alkanes of at least 4 members (excludes halogenated alkanes) is 1. The van der Waals surface area contributed by atoms with Crippen LogP contribution in [0.5, 0.6) is 0 Å². The fourth-order valence-corrected chi connectivity index (χ4v) is 9.11. The van der Waals surface area contributed by atoms with Crippen LogP contribution in [-0.4, -0.2) is 105 Å². The first-order chi connectivity index (χ1) is 28.3. The molecule has 16 heteroatoms. The van der Waals surface area contributed by atoms with Gasteiger partial charge in [-0.25, -0.2) is 0 Å². The minimum absolute atomic E-state index is 0.00523. The number of benzene rings is 3. The molecule has 1 spiro atoms. The lowest BCUT2D eigenvalue weighted by molar-refractivity contribution is -0.143. The Balaban J connectivity index is 1.16. The van der Waals surface area contributed by atoms with Crippen molar-refractivity contribution in [2.24, 2.45) is 0 Å². The van der Waals surface area contributed by atoms with Gasteiger partial charge in [-0.3, -0.25) is 9.59 Å². The number of fused-ring (bicyclic) bond motifs is 2. The van der Waals surface area contributed by atoms with Crippen LogP contribution in [0, 0.1) is 0 Å². The first-order valence-electron chi connectivity index (χ1n) is 20.4. The molecule has 60 heavy (non-hydrogen) atoms. The van der Waals surface area contributed by atoms with Crippen LogP contribution in [0.1, 0.15) is 84.1 Å². The molecule has 0 radical (unpaired) electrons. The van der Waals surface area contributed by atoms with Gasteiger partial charge in [-0.05, 0) is 105 Å². The van der Waals surface area contributed by atoms with Gasteiger partial charge in [0.1, 0.15) is 12.2 Å². The predicted octanol–water partition coefficient (Wildman–Crippen LogP) is 9.00. The molecule has 2 saturated heterocycles. The Hall–Kier alpha value is -3.40. The standard InChI is InChI=1S/C44H52Cl2F6N4O4/c1-29(2)53-15-6-7-16-54(3)39(57)27-59-38-24-30-8-4-5-9-35(30)41(38)12-17-55(18-13-41)19-14-42(32-10-11-36(45)37(46)26-32)28-56(20-21-60-42)40(58)31-22-33(43(47,48)49)25-34(23-31)44(50,51)52/h4-5,8-11,22-23,25-26,29,38,53H,6-7,12-21,24,27-28H2,1-3H3/t38-,42-/m0/s1. The predicted molar refractivity (Wildman–Crippen MR) is 218 cm³/mol. The van der Waals surface area contributed by atoms with Gasteiger partial charge in [-0.15, -0.1) is 0 Å². The Morgan fingerprint density at radius 1 is 0.933 bits per heavy atom. The molecular weight excluding hydrogens is 833 g/mol. The van der Waals surface area contributed by atoms with Crippen LogP contribution in [0.2, 0.25) is 10.0 Å². The zero-order valence-electron chi connectivity index (χ0n) is 34.0. The maximum absolute atomic E-state index is 13.8. The van der Waals surface area contributed by atoms with Crippen LogP contribution in [0.15, 0.2) is 60.7 Å². The van der Waals surface area contributed by atoms with Crippen molar-refractivity contribution in [1.82, 2.24) is 20.0 Å². The number of amides is 2. The largest absolute Gasteiger partial charge is 0.416 e. The first-order valence-corrected chi connectivity index (χ1v) is 21.1. The number of hydrogen-bond acceptors (Lipinski definition) is 6. The summed E-state index contributed by atoms with van der Waals surface area (Å²) in [6.45, 7) is 7.35. The summed E-state index contributed by atoms with van der Waals surface area (Å²) in [4.78, 5) is 32.3. The number of carbonyl (C=O) groups is 2. The zero-order chi connectivity index (χ0) is 43.5. The topological polar surface area (TPSA) is 74.4 Å². The summed E-state index contributed by atoms with van der Waals surface area (Å²) in [7, 11) is 1.81. The zero-order valence-corrected chi connectivity index (χ0v) is 35.5. The van der Waals surface area contributed by atoms with E-state index in [1.165, 1.54) is 16.0 Å². The van der Waals surface area contributed by atoms with Crippen molar-refractivity contribution in [2.75, 3.05) is 66.1 Å². The molecule has 0 bridgehead atoms. The van der Waals surface area contributed by atoms with E-state index in [0.29, 0.717) is 62.8 Å². The van der Waals surface area contributed by atoms with Crippen LogP contribution in [0.25, 0.3) is 0 Å². The van der Waals surface area contributed by atoms with E-state index in [1.54, 1.807) is 23.1 Å². The van der Waals surface area contributed by atoms with E-state index < -0.39 is 40.6 Å². The van der Waals surface area contributed by atoms with E-state index in [2.05, 4.69) is 36.2 Å². The number of alkyl halides is 6. The molecule has 328 valence electrons. The number of likely N-dealkylation sites (tertiary alicyclic amines) is 1. The molecule has 6 rings (SSSR count). The van der Waals surface area contributed by atoms with Gasteiger partial charge >= 0.3 is 12.4 Å². The highest BCUT2D eigenvalue weighted by Gasteiger charge is 2.50. The van der Waals surface area contributed by atoms with E-state index in [1.807, 2.05) is 19.2 Å². The van der Waals surface area contributed by atoms with Crippen molar-refractivity contribution in [3.63, 3.8) is 0 Å². The van der Waals surface area contributed by atoms with Crippen LogP contribution >= 0.6 is 23.2 Å². The van der Waals surface area contributed by atoms with Crippen molar-refractivity contribution < 1.29 is 45.4 Å². The summed E-state index contributed by atoms with van der Waals surface area (Å²) < 4.78 is 95.4. The van der Waals surface area contributed by atoms with E-state index in [0.717, 1.165) is 32.2 Å². The highest BCUT2D eigenvalue weighted by Crippen LogP contribution is 2.48. The molecule has 8 nitrogen and oxygen atoms in total. The van der Waals surface area contributed by atoms with Crippen molar-refractivity contribution in [3.8, 4) is 0 Å². The lowest BCUT2D eigenvalue weighted by Crippen LogP contribution is -2.54. The van der Waals surface area contributed by atoms with Crippen molar-refractivity contribution in [1.29, 1.82) is 0 Å². The van der Waals surface area contributed by atoms with Crippen molar-refractivity contribution >= 4 is 35.0 Å². The Bertz CT molecular complexity index is 1960. The van der Waals surface area contributed by atoms with Crippen LogP contribution in [0.4, 0.5) is 26.3 Å². The lowest BCUT2D eigenvalue weighted by Gasteiger charge is -2.46. The van der Waals surface area contributed by atoms with Crippen LogP contribution in [-0.2, 0) is 44.1 Å². The number of hydrogen-bond donors (Lipinski definition) is 1. The molecule has 0 unspecified atom stereocenters. The van der Waals surface area contributed by atoms with Gasteiger partial charge in [0.05, 0.1) is 40.4 Å². The summed E-state index contributed by atoms with van der Waals surface area (Å²) >= 11 is 12.7. The summed E-state index contributed by atoms with van der Waals surface area (Å²) in [5.74, 6) is -1.04. The third-order valence-corrected chi connectivity index (χ3v) is 13.0. The smallest absolute Gasteiger partial charge is 0.367 e. The molecule has 0 saturated carbocycles. The van der Waals surface area contributed by atoms with Crippen LogP contribution < -0.4 is 5.32 Å². The highest BCUT2D eigenvalue weighted by atomic mass is 35.5. The van der Waals surface area contributed by atoms with Gasteiger partial charge < -0.3 is 29.5 Å². The van der Waals surface area contributed by atoms with E-state index in [9.17, 15) is 35.9 Å². The average Bonchev–Trinajstić information content (AvgIpc) is 3.51. The number of nitrogens with one attached hydrogen (secondary N) is 1. The Labute approximate surface area is 357 Å². The molecule has 1 aliphatic carbocycles. The quantitative estimate of drug-likeness (QED) is 0.129. The fraction of sp³-hybridized carbons (Fsp3) is 0.545. The number of carbonyl (C=O) groups excluding carboxylic acids is 2. The number of morpholine rings is 1. The van der Waals surface area contributed by atoms with Gasteiger partial charge in [0.25, 0.3) is 5.91 Å². The number of likely N-dealkylation sites (N-methyl/N-ethyl adjacent to an activating group) is 1. The number of piperidine rings is 1. The lowest BCUT2D eigenvalue weighted by atomic mass is 9.72. The molecule has 2 fully saturated rings. The van der Waals surface area contributed by atoms with Crippen molar-refractivity contribution in [3.05, 3.63) is 104 Å². The second-order valence-corrected chi connectivity index (χ2v) is 17.3. The minimum Gasteiger partial charge on any atom is -0.367 e. The Morgan fingerprint density at radius 2 is 1.62 bits per heavy atom. The maximum atomic E-state index is 13.8. The first kappa shape index (κ1) is 46.1. The average molecular weight is 886 g/mol. The van der Waals surface area contributed by atoms with Crippen LogP contribution in [0.3, 0.4) is 0 Å². The summed E-state index contributed by atoms with van der Waals surface area (Å²) in [6, 6.07) is 14.6. The molecule has 2 atom stereocenters. The maximum Gasteiger partial charge on any atom is 0.416 e. The van der Waals surface area contributed by atoms with Gasteiger partial charge in [-0.1, -0.05) is 67.4 Å². The third-order valence-electron chi connectivity index (χ3n) is 12.2. The molecule has 1 N–H and O–H groups in total. The molecule has 3 aromatic carbocycles. The van der Waals surface area contributed by atoms with Gasteiger partial charge in [0.15, 0.2) is 0 Å². The number of halogens is 8. The number of rotatable bonds is 14. The van der Waals surface area contributed by atoms with Gasteiger partial charge in [-0.2, -0.15) is 26.3 Å². The van der Waals surface area contributed by atoms with Gasteiger partial charge in [0, 0.05) is 43.7 Å². The summed E-state index contributed by atoms with van der Waals surface area (Å²) in [5.41, 5.74) is -2.36. The second kappa shape index (κ2) is 18.9.